The number of nitrogens with zero attached hydrogens (tertiary/aromatic N) is 4. The van der Waals surface area contributed by atoms with Gasteiger partial charge in [-0.15, -0.1) is 11.3 Å². The van der Waals surface area contributed by atoms with E-state index >= 15 is 0 Å². The molecule has 1 aliphatic heterocycles. The van der Waals surface area contributed by atoms with Crippen LogP contribution >= 0.6 is 11.3 Å². The molecule has 0 saturated carbocycles. The maximum Gasteiger partial charge on any atom is 0.220 e. The van der Waals surface area contributed by atoms with Gasteiger partial charge < -0.3 is 15.0 Å². The molecule has 3 heterocycles. The SMILES string of the molecule is Cc1nc(CN2CC[C@@H](NC(=O)CCCn3ccnc3)[C@H](O)C2)cs1. The molecular weight excluding hydrogens is 338 g/mol. The number of carbonyl (C=O) groups is 1. The van der Waals surface area contributed by atoms with E-state index in [2.05, 4.69) is 25.6 Å². The van der Waals surface area contributed by atoms with Crippen LogP contribution in [-0.4, -0.2) is 55.7 Å². The standard InChI is InChI=1S/C17H25N5O2S/c1-13-19-14(11-25-13)9-22-7-4-15(16(23)10-22)20-17(24)3-2-6-21-8-5-18-12-21/h5,8,11-12,15-16,23H,2-4,6-7,9-10H2,1H3,(H,20,24)/t15-,16-/m1/s1. The maximum atomic E-state index is 12.1. The van der Waals surface area contributed by atoms with Gasteiger partial charge in [-0.05, 0) is 19.8 Å². The Kier molecular flexibility index (Phi) is 6.17. The number of nitrogens with one attached hydrogen (secondary N) is 1. The van der Waals surface area contributed by atoms with Crippen LogP contribution in [0.1, 0.15) is 30.0 Å². The Morgan fingerprint density at radius 2 is 2.40 bits per heavy atom. The largest absolute Gasteiger partial charge is 0.390 e. The molecule has 0 spiro atoms. The highest BCUT2D eigenvalue weighted by atomic mass is 32.1. The molecular formula is C17H25N5O2S. The molecule has 2 N–H and O–H groups in total. The first kappa shape index (κ1) is 18.0. The monoisotopic (exact) mass is 363 g/mol. The smallest absolute Gasteiger partial charge is 0.220 e. The van der Waals surface area contributed by atoms with Crippen molar-refractivity contribution >= 4 is 17.2 Å². The fourth-order valence-electron chi connectivity index (χ4n) is 3.14. The van der Waals surface area contributed by atoms with E-state index in [1.807, 2.05) is 17.7 Å². The average molecular weight is 363 g/mol. The number of rotatable bonds is 7. The lowest BCUT2D eigenvalue weighted by Gasteiger charge is -2.36. The lowest BCUT2D eigenvalue weighted by Crippen LogP contribution is -2.53. The number of amides is 1. The van der Waals surface area contributed by atoms with Crippen molar-refractivity contribution in [1.29, 1.82) is 0 Å². The number of hydrogen-bond acceptors (Lipinski definition) is 6. The molecule has 2 aromatic rings. The number of aromatic nitrogens is 3. The summed E-state index contributed by atoms with van der Waals surface area (Å²) in [5, 5.41) is 16.5. The first-order valence-corrected chi connectivity index (χ1v) is 9.54. The van der Waals surface area contributed by atoms with E-state index < -0.39 is 6.10 Å². The quantitative estimate of drug-likeness (QED) is 0.772. The zero-order valence-electron chi connectivity index (χ0n) is 14.5. The summed E-state index contributed by atoms with van der Waals surface area (Å²) in [5.74, 6) is 0.00717. The van der Waals surface area contributed by atoms with Crippen LogP contribution in [0.4, 0.5) is 0 Å². The summed E-state index contributed by atoms with van der Waals surface area (Å²) < 4.78 is 1.96. The summed E-state index contributed by atoms with van der Waals surface area (Å²) in [5.41, 5.74) is 1.05. The number of carbonyl (C=O) groups excluding carboxylic acids is 1. The normalized spacial score (nSPS) is 21.4. The van der Waals surface area contributed by atoms with Crippen LogP contribution < -0.4 is 5.32 Å². The molecule has 136 valence electrons. The highest BCUT2D eigenvalue weighted by Gasteiger charge is 2.28. The van der Waals surface area contributed by atoms with Crippen molar-refractivity contribution in [2.45, 2.75) is 51.4 Å². The Morgan fingerprint density at radius 1 is 1.52 bits per heavy atom. The molecule has 0 aromatic carbocycles. The molecule has 0 radical (unpaired) electrons. The first-order chi connectivity index (χ1) is 12.1. The molecule has 2 atom stereocenters. The van der Waals surface area contributed by atoms with E-state index in [1.165, 1.54) is 0 Å². The Hall–Kier alpha value is -1.77. The van der Waals surface area contributed by atoms with Gasteiger partial charge in [0.15, 0.2) is 0 Å². The predicted octanol–water partition coefficient (Wildman–Crippen LogP) is 1.18. The van der Waals surface area contributed by atoms with Crippen LogP contribution in [0.5, 0.6) is 0 Å². The van der Waals surface area contributed by atoms with E-state index in [0.29, 0.717) is 13.0 Å². The van der Waals surface area contributed by atoms with E-state index in [4.69, 9.17) is 0 Å². The van der Waals surface area contributed by atoms with Crippen LogP contribution in [0.2, 0.25) is 0 Å². The Labute approximate surface area is 151 Å². The molecule has 7 nitrogen and oxygen atoms in total. The minimum atomic E-state index is -0.536. The lowest BCUT2D eigenvalue weighted by molar-refractivity contribution is -0.123. The van der Waals surface area contributed by atoms with Gasteiger partial charge in [-0.25, -0.2) is 9.97 Å². The van der Waals surface area contributed by atoms with Crippen molar-refractivity contribution in [1.82, 2.24) is 24.8 Å². The molecule has 1 amide bonds. The zero-order valence-corrected chi connectivity index (χ0v) is 15.3. The number of hydrogen-bond donors (Lipinski definition) is 2. The molecule has 0 bridgehead atoms. The maximum absolute atomic E-state index is 12.1. The van der Waals surface area contributed by atoms with E-state index in [9.17, 15) is 9.90 Å². The van der Waals surface area contributed by atoms with Crippen LogP contribution in [-0.2, 0) is 17.9 Å². The summed E-state index contributed by atoms with van der Waals surface area (Å²) in [4.78, 5) is 22.7. The fourth-order valence-corrected chi connectivity index (χ4v) is 3.74. The highest BCUT2D eigenvalue weighted by molar-refractivity contribution is 7.09. The van der Waals surface area contributed by atoms with Crippen LogP contribution in [0.15, 0.2) is 24.1 Å². The second-order valence-electron chi connectivity index (χ2n) is 6.53. The molecule has 0 aliphatic carbocycles. The number of thiazole rings is 1. The van der Waals surface area contributed by atoms with Gasteiger partial charge in [0.1, 0.15) is 0 Å². The van der Waals surface area contributed by atoms with Gasteiger partial charge in [-0.2, -0.15) is 0 Å². The van der Waals surface area contributed by atoms with Crippen molar-refractivity contribution < 1.29 is 9.90 Å². The third-order valence-corrected chi connectivity index (χ3v) is 5.27. The summed E-state index contributed by atoms with van der Waals surface area (Å²) in [6, 6.07) is -0.158. The zero-order chi connectivity index (χ0) is 17.6. The molecule has 3 rings (SSSR count). The van der Waals surface area contributed by atoms with Crippen molar-refractivity contribution in [2.24, 2.45) is 0 Å². The second kappa shape index (κ2) is 8.55. The average Bonchev–Trinajstić information content (AvgIpc) is 3.22. The third kappa shape index (κ3) is 5.35. The number of piperidine rings is 1. The Balaban J connectivity index is 1.38. The van der Waals surface area contributed by atoms with Gasteiger partial charge in [-0.3, -0.25) is 9.69 Å². The molecule has 2 aromatic heterocycles. The summed E-state index contributed by atoms with van der Waals surface area (Å²) in [6.07, 6.45) is 6.83. The predicted molar refractivity (Wildman–Crippen MR) is 96.1 cm³/mol. The lowest BCUT2D eigenvalue weighted by atomic mass is 10.0. The van der Waals surface area contributed by atoms with Crippen LogP contribution in [0.3, 0.4) is 0 Å². The van der Waals surface area contributed by atoms with Gasteiger partial charge >= 0.3 is 0 Å². The number of imidazole rings is 1. The van der Waals surface area contributed by atoms with Gasteiger partial charge in [0.05, 0.1) is 29.2 Å². The number of aliphatic hydroxyl groups is 1. The Morgan fingerprint density at radius 3 is 3.08 bits per heavy atom. The fraction of sp³-hybridized carbons (Fsp3) is 0.588. The second-order valence-corrected chi connectivity index (χ2v) is 7.59. The van der Waals surface area contributed by atoms with Crippen molar-refractivity contribution in [3.8, 4) is 0 Å². The summed E-state index contributed by atoms with van der Waals surface area (Å²) in [7, 11) is 0. The number of likely N-dealkylation sites (tertiary alicyclic amines) is 1. The van der Waals surface area contributed by atoms with Crippen molar-refractivity contribution in [3.05, 3.63) is 34.8 Å². The van der Waals surface area contributed by atoms with Crippen molar-refractivity contribution in [2.75, 3.05) is 13.1 Å². The van der Waals surface area contributed by atoms with E-state index in [-0.39, 0.29) is 11.9 Å². The number of aliphatic hydroxyl groups excluding tert-OH is 1. The molecule has 1 aliphatic rings. The van der Waals surface area contributed by atoms with Gasteiger partial charge in [-0.1, -0.05) is 0 Å². The van der Waals surface area contributed by atoms with Gasteiger partial charge in [0.2, 0.25) is 5.91 Å². The molecule has 8 heteroatoms. The van der Waals surface area contributed by atoms with Crippen LogP contribution in [0.25, 0.3) is 0 Å². The van der Waals surface area contributed by atoms with E-state index in [0.717, 1.165) is 43.2 Å². The topological polar surface area (TPSA) is 83.3 Å². The third-order valence-electron chi connectivity index (χ3n) is 4.44. The summed E-state index contributed by atoms with van der Waals surface area (Å²) >= 11 is 1.65. The molecule has 1 saturated heterocycles. The highest BCUT2D eigenvalue weighted by Crippen LogP contribution is 2.16. The van der Waals surface area contributed by atoms with Gasteiger partial charge in [0, 0.05) is 50.4 Å². The van der Waals surface area contributed by atoms with Crippen LogP contribution in [0, 0.1) is 6.92 Å². The minimum Gasteiger partial charge on any atom is -0.390 e. The first-order valence-electron chi connectivity index (χ1n) is 8.66. The van der Waals surface area contributed by atoms with E-state index in [1.54, 1.807) is 23.9 Å². The van der Waals surface area contributed by atoms with Gasteiger partial charge in [0.25, 0.3) is 0 Å². The summed E-state index contributed by atoms with van der Waals surface area (Å²) in [6.45, 7) is 4.95. The minimum absolute atomic E-state index is 0.00717. The van der Waals surface area contributed by atoms with Crippen molar-refractivity contribution in [3.63, 3.8) is 0 Å². The Bertz CT molecular complexity index is 672. The molecule has 25 heavy (non-hydrogen) atoms. The number of aryl methyl sites for hydroxylation is 2. The number of β-amino-alcohol motifs (C(OH)–C–C–N with tert-alkyl or cyclic N) is 1. The molecule has 1 fully saturated rings. The molecule has 0 unspecified atom stereocenters.